The van der Waals surface area contributed by atoms with Crippen LogP contribution in [0.1, 0.15) is 46.4 Å². The number of benzene rings is 2. The van der Waals surface area contributed by atoms with Gasteiger partial charge in [-0.05, 0) is 47.9 Å². The molecule has 1 aliphatic carbocycles. The van der Waals surface area contributed by atoms with Crippen LogP contribution in [-0.2, 0) is 24.0 Å². The first-order valence-corrected chi connectivity index (χ1v) is 11.7. The van der Waals surface area contributed by atoms with Crippen LogP contribution in [0.4, 0.5) is 19.0 Å². The van der Waals surface area contributed by atoms with Crippen LogP contribution in [0.25, 0.3) is 0 Å². The number of aliphatic hydroxyl groups excluding tert-OH is 2. The maximum atomic E-state index is 13.3. The average Bonchev–Trinajstić information content (AvgIpc) is 3.39. The summed E-state index contributed by atoms with van der Waals surface area (Å²) in [6.45, 7) is -0.753. The number of carbonyl (C=O) groups is 1. The van der Waals surface area contributed by atoms with E-state index in [1.807, 2.05) is 6.07 Å². The van der Waals surface area contributed by atoms with E-state index in [1.54, 1.807) is 24.4 Å². The zero-order chi connectivity index (χ0) is 25.9. The highest BCUT2D eigenvalue weighted by atomic mass is 19.4. The van der Waals surface area contributed by atoms with Crippen molar-refractivity contribution in [3.8, 4) is 17.2 Å². The van der Waals surface area contributed by atoms with Gasteiger partial charge in [-0.15, -0.1) is 0 Å². The molecule has 0 radical (unpaired) electrons. The number of aliphatic hydroxyl groups is 2. The Bertz CT molecular complexity index is 1400. The summed E-state index contributed by atoms with van der Waals surface area (Å²) in [5, 5.41) is 25.5. The van der Waals surface area contributed by atoms with E-state index in [-0.39, 0.29) is 35.1 Å². The maximum absolute atomic E-state index is 13.3. The Morgan fingerprint density at radius 2 is 2.03 bits per heavy atom. The maximum Gasteiger partial charge on any atom is 0.416 e. The number of ether oxygens (including phenoxy) is 2. The Hall–Kier alpha value is -3.67. The monoisotopic (exact) mass is 513 g/mol. The molecule has 1 unspecified atom stereocenters. The molecule has 1 saturated carbocycles. The molecular weight excluding hydrogens is 491 g/mol. The lowest BCUT2D eigenvalue weighted by Crippen LogP contribution is -2.28. The molecule has 3 heterocycles. The third kappa shape index (κ3) is 4.28. The average molecular weight is 513 g/mol. The molecule has 37 heavy (non-hydrogen) atoms. The highest BCUT2D eigenvalue weighted by molar-refractivity contribution is 5.93. The van der Waals surface area contributed by atoms with Gasteiger partial charge in [-0.1, -0.05) is 12.1 Å². The van der Waals surface area contributed by atoms with Crippen LogP contribution in [-0.4, -0.2) is 33.3 Å². The van der Waals surface area contributed by atoms with Crippen LogP contribution in [0, 0.1) is 0 Å². The summed E-state index contributed by atoms with van der Waals surface area (Å²) in [5.41, 5.74) is 0.493. The highest BCUT2D eigenvalue weighted by Gasteiger charge is 2.59. The molecule has 2 aliphatic heterocycles. The second-order valence-corrected chi connectivity index (χ2v) is 9.26. The van der Waals surface area contributed by atoms with Crippen molar-refractivity contribution in [3.05, 3.63) is 76.5 Å². The molecule has 1 fully saturated rings. The van der Waals surface area contributed by atoms with Gasteiger partial charge in [-0.3, -0.25) is 10.1 Å². The quantitative estimate of drug-likeness (QED) is 0.371. The Kier molecular flexibility index (Phi) is 5.59. The van der Waals surface area contributed by atoms with Gasteiger partial charge < -0.3 is 25.0 Å². The Morgan fingerprint density at radius 1 is 1.19 bits per heavy atom. The van der Waals surface area contributed by atoms with Gasteiger partial charge in [-0.2, -0.15) is 13.2 Å². The number of anilines is 1. The SMILES string of the molecule is O=C1CCc2c(Oc3ccc4c(c3)[C@H]3[C@H](NC(O)c5ccc(CO)c(C(F)(F)F)c5)[C@H]3O4)ccnc2N1. The third-order valence-electron chi connectivity index (χ3n) is 6.93. The lowest BCUT2D eigenvalue weighted by molar-refractivity contribution is -0.138. The first-order valence-electron chi connectivity index (χ1n) is 11.7. The molecule has 2 aromatic carbocycles. The van der Waals surface area contributed by atoms with Crippen molar-refractivity contribution in [2.24, 2.45) is 0 Å². The number of aromatic nitrogens is 1. The van der Waals surface area contributed by atoms with Crippen molar-refractivity contribution in [3.63, 3.8) is 0 Å². The van der Waals surface area contributed by atoms with Crippen molar-refractivity contribution in [1.29, 1.82) is 0 Å². The number of carbonyl (C=O) groups excluding carboxylic acids is 1. The predicted octanol–water partition coefficient (Wildman–Crippen LogP) is 3.78. The van der Waals surface area contributed by atoms with Gasteiger partial charge in [0.15, 0.2) is 0 Å². The number of amides is 1. The van der Waals surface area contributed by atoms with Gasteiger partial charge in [-0.25, -0.2) is 4.98 Å². The van der Waals surface area contributed by atoms with Crippen LogP contribution in [0.15, 0.2) is 48.7 Å². The van der Waals surface area contributed by atoms with E-state index in [1.165, 1.54) is 6.07 Å². The van der Waals surface area contributed by atoms with E-state index < -0.39 is 24.6 Å². The van der Waals surface area contributed by atoms with Crippen LogP contribution < -0.4 is 20.1 Å². The zero-order valence-electron chi connectivity index (χ0n) is 19.2. The number of alkyl halides is 3. The Labute approximate surface area is 209 Å². The number of rotatable bonds is 6. The molecule has 8 nitrogen and oxygen atoms in total. The van der Waals surface area contributed by atoms with E-state index in [4.69, 9.17) is 9.47 Å². The second kappa shape index (κ2) is 8.72. The second-order valence-electron chi connectivity index (χ2n) is 9.26. The number of fused-ring (bicyclic) bond motifs is 4. The van der Waals surface area contributed by atoms with Crippen molar-refractivity contribution in [1.82, 2.24) is 10.3 Å². The third-order valence-corrected chi connectivity index (χ3v) is 6.93. The molecule has 4 atom stereocenters. The molecular formula is C26H22F3N3O5. The topological polar surface area (TPSA) is 113 Å². The number of nitrogens with one attached hydrogen (secondary N) is 2. The largest absolute Gasteiger partial charge is 0.488 e. The van der Waals surface area contributed by atoms with Crippen LogP contribution in [0.5, 0.6) is 17.2 Å². The fourth-order valence-electron chi connectivity index (χ4n) is 5.03. The zero-order valence-corrected chi connectivity index (χ0v) is 19.2. The smallest absolute Gasteiger partial charge is 0.416 e. The van der Waals surface area contributed by atoms with Crippen LogP contribution >= 0.6 is 0 Å². The molecule has 1 aromatic heterocycles. The van der Waals surface area contributed by atoms with Crippen LogP contribution in [0.2, 0.25) is 0 Å². The normalized spacial score (nSPS) is 22.3. The molecule has 0 saturated heterocycles. The Morgan fingerprint density at radius 3 is 2.81 bits per heavy atom. The summed E-state index contributed by atoms with van der Waals surface area (Å²) < 4.78 is 52.1. The lowest BCUT2D eigenvalue weighted by atomic mass is 10.0. The van der Waals surface area contributed by atoms with Crippen LogP contribution in [0.3, 0.4) is 0 Å². The Balaban J connectivity index is 1.18. The van der Waals surface area contributed by atoms with Gasteiger partial charge in [0.1, 0.15) is 35.4 Å². The number of hydrogen-bond donors (Lipinski definition) is 4. The van der Waals surface area contributed by atoms with E-state index in [0.29, 0.717) is 35.9 Å². The van der Waals surface area contributed by atoms with E-state index in [0.717, 1.165) is 23.3 Å². The highest BCUT2D eigenvalue weighted by Crippen LogP contribution is 2.55. The van der Waals surface area contributed by atoms with Gasteiger partial charge in [0.2, 0.25) is 5.91 Å². The van der Waals surface area contributed by atoms with Gasteiger partial charge >= 0.3 is 6.18 Å². The minimum atomic E-state index is -4.65. The summed E-state index contributed by atoms with van der Waals surface area (Å²) in [6, 6.07) is 10.2. The number of hydrogen-bond acceptors (Lipinski definition) is 7. The fourth-order valence-corrected chi connectivity index (χ4v) is 5.03. The molecule has 3 aromatic rings. The molecule has 1 amide bonds. The lowest BCUT2D eigenvalue weighted by Gasteiger charge is -2.20. The van der Waals surface area contributed by atoms with Gasteiger partial charge in [0.25, 0.3) is 0 Å². The minimum absolute atomic E-state index is 0.0429. The van der Waals surface area contributed by atoms with Gasteiger partial charge in [0.05, 0.1) is 18.2 Å². The summed E-state index contributed by atoms with van der Waals surface area (Å²) in [4.78, 5) is 15.9. The molecule has 0 bridgehead atoms. The summed E-state index contributed by atoms with van der Waals surface area (Å²) >= 11 is 0. The van der Waals surface area contributed by atoms with E-state index in [9.17, 15) is 28.2 Å². The summed E-state index contributed by atoms with van der Waals surface area (Å²) in [7, 11) is 0. The van der Waals surface area contributed by atoms with Crippen molar-refractivity contribution in [2.45, 2.75) is 49.9 Å². The van der Waals surface area contributed by atoms with E-state index in [2.05, 4.69) is 15.6 Å². The molecule has 3 aliphatic rings. The van der Waals surface area contributed by atoms with Crippen molar-refractivity contribution in [2.75, 3.05) is 5.32 Å². The van der Waals surface area contributed by atoms with Gasteiger partial charge in [0, 0.05) is 29.7 Å². The predicted molar refractivity (Wildman–Crippen MR) is 124 cm³/mol. The summed E-state index contributed by atoms with van der Waals surface area (Å²) in [5.74, 6) is 2.14. The first kappa shape index (κ1) is 23.7. The molecule has 11 heteroatoms. The molecule has 6 rings (SSSR count). The number of halogens is 3. The number of pyridine rings is 1. The first-order chi connectivity index (χ1) is 17.7. The minimum Gasteiger partial charge on any atom is -0.488 e. The molecule has 0 spiro atoms. The number of nitrogens with zero attached hydrogens (tertiary/aromatic N) is 1. The molecule has 4 N–H and O–H groups in total. The standard InChI is InChI=1S/C26H22F3N3O5/c27-26(28,29)17-9-12(1-2-13(17)11-33)25(35)32-22-21-16-10-14(3-5-18(16)37-23(21)22)36-19-7-8-30-24-15(19)4-6-20(34)31-24/h1-3,5,7-10,21-23,25,32-33,35H,4,6,11H2,(H,30,31,34)/t21-,22-,23-,25?/m0/s1. The fraction of sp³-hybridized carbons (Fsp3) is 0.308. The summed E-state index contributed by atoms with van der Waals surface area (Å²) in [6.07, 6.45) is -3.84. The molecule has 192 valence electrons. The van der Waals surface area contributed by atoms with Crippen molar-refractivity contribution >= 4 is 11.7 Å². The van der Waals surface area contributed by atoms with Crippen molar-refractivity contribution < 1.29 is 37.7 Å². The van der Waals surface area contributed by atoms with E-state index >= 15 is 0 Å².